The Labute approximate surface area is 195 Å². The molecule has 8 nitrogen and oxygen atoms in total. The fourth-order valence-electron chi connectivity index (χ4n) is 3.56. The molecule has 0 spiro atoms. The van der Waals surface area contributed by atoms with Crippen LogP contribution in [-0.4, -0.2) is 75.9 Å². The molecule has 1 aliphatic heterocycles. The Hall–Kier alpha value is -1.62. The van der Waals surface area contributed by atoms with E-state index < -0.39 is 16.1 Å². The fraction of sp³-hybridized carbons (Fsp3) is 0.636. The van der Waals surface area contributed by atoms with Gasteiger partial charge in [0, 0.05) is 39.3 Å². The van der Waals surface area contributed by atoms with Gasteiger partial charge in [-0.3, -0.25) is 9.59 Å². The molecule has 0 radical (unpaired) electrons. The third kappa shape index (κ3) is 7.75. The van der Waals surface area contributed by atoms with E-state index in [4.69, 9.17) is 4.74 Å². The third-order valence-corrected chi connectivity index (χ3v) is 8.11. The molecule has 1 saturated heterocycles. The van der Waals surface area contributed by atoms with Gasteiger partial charge in [-0.25, -0.2) is 8.42 Å². The van der Waals surface area contributed by atoms with Crippen molar-refractivity contribution in [3.8, 4) is 0 Å². The number of thioether (sulfide) groups is 1. The van der Waals surface area contributed by atoms with E-state index in [9.17, 15) is 18.0 Å². The van der Waals surface area contributed by atoms with Crippen molar-refractivity contribution in [1.29, 1.82) is 0 Å². The van der Waals surface area contributed by atoms with Gasteiger partial charge < -0.3 is 15.4 Å². The molecule has 2 rings (SSSR count). The Balaban J connectivity index is 1.91. The third-order valence-electron chi connectivity index (χ3n) is 5.55. The lowest BCUT2D eigenvalue weighted by atomic mass is 9.96. The summed E-state index contributed by atoms with van der Waals surface area (Å²) < 4.78 is 32.2. The van der Waals surface area contributed by atoms with Crippen LogP contribution in [0.2, 0.25) is 0 Å². The first-order valence-electron chi connectivity index (χ1n) is 10.9. The second kappa shape index (κ2) is 13.2. The number of amides is 2. The number of nitrogens with one attached hydrogen (secondary N) is 2. The highest BCUT2D eigenvalue weighted by Gasteiger charge is 2.33. The van der Waals surface area contributed by atoms with Crippen molar-refractivity contribution in [3.05, 3.63) is 29.8 Å². The minimum absolute atomic E-state index is 0.185. The van der Waals surface area contributed by atoms with E-state index in [1.165, 1.54) is 4.31 Å². The van der Waals surface area contributed by atoms with E-state index in [-0.39, 0.29) is 35.7 Å². The normalized spacial score (nSPS) is 16.5. The highest BCUT2D eigenvalue weighted by atomic mass is 32.2. The van der Waals surface area contributed by atoms with Crippen molar-refractivity contribution in [2.45, 2.75) is 43.5 Å². The summed E-state index contributed by atoms with van der Waals surface area (Å²) in [5, 5.41) is 5.74. The van der Waals surface area contributed by atoms with Crippen LogP contribution in [0.4, 0.5) is 0 Å². The minimum Gasteiger partial charge on any atom is -0.385 e. The van der Waals surface area contributed by atoms with Gasteiger partial charge in [0.05, 0.1) is 4.90 Å². The van der Waals surface area contributed by atoms with Gasteiger partial charge in [0.15, 0.2) is 0 Å². The summed E-state index contributed by atoms with van der Waals surface area (Å²) in [6.07, 6.45) is 4.08. The lowest BCUT2D eigenvalue weighted by Gasteiger charge is -2.31. The van der Waals surface area contributed by atoms with Crippen molar-refractivity contribution in [3.63, 3.8) is 0 Å². The molecular weight excluding hydrogens is 450 g/mol. The first-order valence-corrected chi connectivity index (χ1v) is 13.8. The highest BCUT2D eigenvalue weighted by Crippen LogP contribution is 2.24. The Bertz CT molecular complexity index is 838. The van der Waals surface area contributed by atoms with Gasteiger partial charge in [0.25, 0.3) is 0 Å². The number of carbonyl (C=O) groups is 2. The van der Waals surface area contributed by atoms with E-state index in [0.29, 0.717) is 38.8 Å². The smallest absolute Gasteiger partial charge is 0.243 e. The molecule has 2 amide bonds. The second-order valence-electron chi connectivity index (χ2n) is 7.97. The van der Waals surface area contributed by atoms with Gasteiger partial charge >= 0.3 is 0 Å². The largest absolute Gasteiger partial charge is 0.385 e. The first kappa shape index (κ1) is 26.6. The number of ether oxygens (including phenoxy) is 1. The first-order chi connectivity index (χ1) is 15.3. The van der Waals surface area contributed by atoms with Crippen LogP contribution in [0, 0.1) is 12.8 Å². The van der Waals surface area contributed by atoms with Gasteiger partial charge in [0.1, 0.15) is 6.04 Å². The SMILES string of the molecule is COCCCNC(=O)C(CCSC)NC(=O)C1CCN(S(=O)(=O)c2ccc(C)cc2)CC1. The summed E-state index contributed by atoms with van der Waals surface area (Å²) in [4.78, 5) is 25.6. The molecule has 10 heteroatoms. The lowest BCUT2D eigenvalue weighted by molar-refractivity contribution is -0.131. The van der Waals surface area contributed by atoms with Gasteiger partial charge in [-0.1, -0.05) is 17.7 Å². The fourth-order valence-corrected chi connectivity index (χ4v) is 5.50. The predicted octanol–water partition coefficient (Wildman–Crippen LogP) is 1.79. The summed E-state index contributed by atoms with van der Waals surface area (Å²) in [6.45, 7) is 3.53. The highest BCUT2D eigenvalue weighted by molar-refractivity contribution is 7.98. The van der Waals surface area contributed by atoms with E-state index in [1.807, 2.05) is 13.2 Å². The Kier molecular flexibility index (Phi) is 11.0. The zero-order valence-corrected chi connectivity index (χ0v) is 20.8. The van der Waals surface area contributed by atoms with Crippen molar-refractivity contribution >= 4 is 33.6 Å². The predicted molar refractivity (Wildman–Crippen MR) is 127 cm³/mol. The molecule has 180 valence electrons. The van der Waals surface area contributed by atoms with Gasteiger partial charge in [-0.15, -0.1) is 0 Å². The Morgan fingerprint density at radius 1 is 1.22 bits per heavy atom. The van der Waals surface area contributed by atoms with Crippen molar-refractivity contribution in [2.24, 2.45) is 5.92 Å². The number of hydrogen-bond donors (Lipinski definition) is 2. The van der Waals surface area contributed by atoms with Crippen LogP contribution >= 0.6 is 11.8 Å². The number of piperidine rings is 1. The van der Waals surface area contributed by atoms with Crippen LogP contribution in [0.1, 0.15) is 31.2 Å². The number of aryl methyl sites for hydroxylation is 1. The topological polar surface area (TPSA) is 105 Å². The molecule has 1 atom stereocenters. The molecular formula is C22H35N3O5S2. The molecule has 32 heavy (non-hydrogen) atoms. The van der Waals surface area contributed by atoms with Gasteiger partial charge in [0.2, 0.25) is 21.8 Å². The Morgan fingerprint density at radius 2 is 1.88 bits per heavy atom. The number of benzene rings is 1. The molecule has 0 aliphatic carbocycles. The molecule has 1 aromatic carbocycles. The molecule has 2 N–H and O–H groups in total. The zero-order valence-electron chi connectivity index (χ0n) is 19.1. The van der Waals surface area contributed by atoms with E-state index in [1.54, 1.807) is 43.1 Å². The molecule has 0 bridgehead atoms. The van der Waals surface area contributed by atoms with Gasteiger partial charge in [-0.2, -0.15) is 16.1 Å². The standard InChI is InChI=1S/C22H35N3O5S2/c1-17-5-7-19(8-6-17)32(28,29)25-13-9-18(10-14-25)21(26)24-20(11-16-31-3)22(27)23-12-4-15-30-2/h5-8,18,20H,4,9-16H2,1-3H3,(H,23,27)(H,24,26). The molecule has 1 fully saturated rings. The number of carbonyl (C=O) groups excluding carboxylic acids is 2. The average Bonchev–Trinajstić information content (AvgIpc) is 2.79. The summed E-state index contributed by atoms with van der Waals surface area (Å²) in [5.41, 5.74) is 0.998. The average molecular weight is 486 g/mol. The van der Waals surface area contributed by atoms with Crippen LogP contribution in [0.5, 0.6) is 0 Å². The quantitative estimate of drug-likeness (QED) is 0.438. The van der Waals surface area contributed by atoms with E-state index in [0.717, 1.165) is 11.3 Å². The summed E-state index contributed by atoms with van der Waals surface area (Å²) in [7, 11) is -1.96. The summed E-state index contributed by atoms with van der Waals surface area (Å²) in [6, 6.07) is 6.20. The van der Waals surface area contributed by atoms with Gasteiger partial charge in [-0.05, 0) is 56.7 Å². The number of hydrogen-bond acceptors (Lipinski definition) is 6. The summed E-state index contributed by atoms with van der Waals surface area (Å²) in [5.74, 6) is 0.0693. The lowest BCUT2D eigenvalue weighted by Crippen LogP contribution is -2.50. The molecule has 1 aromatic rings. The number of methoxy groups -OCH3 is 1. The maximum absolute atomic E-state index is 12.9. The second-order valence-corrected chi connectivity index (χ2v) is 10.9. The molecule has 1 unspecified atom stereocenters. The monoisotopic (exact) mass is 485 g/mol. The van der Waals surface area contributed by atoms with Crippen molar-refractivity contribution in [2.75, 3.05) is 45.4 Å². The van der Waals surface area contributed by atoms with Crippen LogP contribution in [0.15, 0.2) is 29.2 Å². The van der Waals surface area contributed by atoms with Crippen molar-refractivity contribution < 1.29 is 22.7 Å². The molecule has 1 heterocycles. The van der Waals surface area contributed by atoms with Crippen LogP contribution in [-0.2, 0) is 24.3 Å². The maximum Gasteiger partial charge on any atom is 0.243 e. The number of sulfonamides is 1. The van der Waals surface area contributed by atoms with Crippen molar-refractivity contribution in [1.82, 2.24) is 14.9 Å². The maximum atomic E-state index is 12.9. The van der Waals surface area contributed by atoms with E-state index >= 15 is 0 Å². The molecule has 0 aromatic heterocycles. The zero-order chi connectivity index (χ0) is 23.6. The van der Waals surface area contributed by atoms with Crippen LogP contribution in [0.25, 0.3) is 0 Å². The molecule has 1 aliphatic rings. The van der Waals surface area contributed by atoms with Crippen LogP contribution < -0.4 is 10.6 Å². The minimum atomic E-state index is -3.57. The number of nitrogens with zero attached hydrogens (tertiary/aromatic N) is 1. The number of rotatable bonds is 12. The van der Waals surface area contributed by atoms with E-state index in [2.05, 4.69) is 10.6 Å². The molecule has 0 saturated carbocycles. The Morgan fingerprint density at radius 3 is 2.47 bits per heavy atom. The van der Waals surface area contributed by atoms with Crippen LogP contribution in [0.3, 0.4) is 0 Å². The summed E-state index contributed by atoms with van der Waals surface area (Å²) >= 11 is 1.62.